The van der Waals surface area contributed by atoms with Crippen molar-refractivity contribution < 1.29 is 0 Å². The number of fused-ring (bicyclic) bond motifs is 13. The third-order valence-corrected chi connectivity index (χ3v) is 12.2. The number of pyridine rings is 1. The maximum atomic E-state index is 5.59. The van der Waals surface area contributed by atoms with Crippen LogP contribution in [0.25, 0.3) is 83.4 Å². The molecule has 0 fully saturated rings. The number of hydrogen-bond donors (Lipinski definition) is 0. The maximum absolute atomic E-state index is 5.59. The fraction of sp³-hybridized carbons (Fsp3) is 0.0185. The summed E-state index contributed by atoms with van der Waals surface area (Å²) in [5.41, 5.74) is 20.0. The number of nitrogens with zero attached hydrogens (tertiary/aromatic N) is 2. The first kappa shape index (κ1) is 31.1. The minimum atomic E-state index is -0.411. The highest BCUT2D eigenvalue weighted by molar-refractivity contribution is 6.09. The van der Waals surface area contributed by atoms with E-state index in [1.54, 1.807) is 0 Å². The highest BCUT2D eigenvalue weighted by Gasteiger charge is 2.52. The lowest BCUT2D eigenvalue weighted by Crippen LogP contribution is -2.25. The van der Waals surface area contributed by atoms with E-state index in [1.165, 1.54) is 71.9 Å². The van der Waals surface area contributed by atoms with E-state index in [2.05, 4.69) is 211 Å². The van der Waals surface area contributed by atoms with Crippen molar-refractivity contribution in [3.63, 3.8) is 0 Å². The standard InChI is InChI=1S/C54H34N2/c1-2-16-35(17-3-1)37-33-49(36-18-14-19-38(32-36)56-51-30-12-7-22-41(51)42-23-8-13-31-52(42)56)55-50(34-37)44-25-15-29-48-53(44)43-24-6-11-28-47(43)54(48)45-26-9-4-20-39(45)40-21-5-10-27-46(40)54/h1-34H. The minimum Gasteiger partial charge on any atom is -0.309 e. The predicted octanol–water partition coefficient (Wildman–Crippen LogP) is 13.5. The summed E-state index contributed by atoms with van der Waals surface area (Å²) in [6, 6.07) is 75.4. The zero-order chi connectivity index (χ0) is 36.8. The molecule has 2 heterocycles. The summed E-state index contributed by atoms with van der Waals surface area (Å²) in [5.74, 6) is 0. The Morgan fingerprint density at radius 2 is 0.839 bits per heavy atom. The van der Waals surface area contributed by atoms with Crippen LogP contribution in [0.3, 0.4) is 0 Å². The number of aromatic nitrogens is 2. The van der Waals surface area contributed by atoms with Crippen molar-refractivity contribution in [1.82, 2.24) is 9.55 Å². The third-order valence-electron chi connectivity index (χ3n) is 12.2. The second kappa shape index (κ2) is 11.9. The Labute approximate surface area is 325 Å². The molecule has 0 unspecified atom stereocenters. The van der Waals surface area contributed by atoms with E-state index in [0.29, 0.717) is 0 Å². The molecule has 2 nitrogen and oxygen atoms in total. The van der Waals surface area contributed by atoms with Crippen LogP contribution in [0, 0.1) is 0 Å². The van der Waals surface area contributed by atoms with Crippen molar-refractivity contribution >= 4 is 21.8 Å². The van der Waals surface area contributed by atoms with Crippen LogP contribution in [-0.4, -0.2) is 9.55 Å². The first-order chi connectivity index (χ1) is 27.8. The Morgan fingerprint density at radius 1 is 0.339 bits per heavy atom. The van der Waals surface area contributed by atoms with Crippen molar-refractivity contribution in [2.45, 2.75) is 5.41 Å². The van der Waals surface area contributed by atoms with Crippen molar-refractivity contribution in [3.05, 3.63) is 229 Å². The lowest BCUT2D eigenvalue weighted by Gasteiger charge is -2.30. The van der Waals surface area contributed by atoms with Crippen LogP contribution in [0.2, 0.25) is 0 Å². The number of hydrogen-bond acceptors (Lipinski definition) is 1. The molecule has 0 aliphatic heterocycles. The molecule has 2 aliphatic rings. The summed E-state index contributed by atoms with van der Waals surface area (Å²) < 4.78 is 2.38. The van der Waals surface area contributed by atoms with Gasteiger partial charge in [0.15, 0.2) is 0 Å². The van der Waals surface area contributed by atoms with Crippen molar-refractivity contribution in [2.24, 2.45) is 0 Å². The fourth-order valence-corrected chi connectivity index (χ4v) is 9.98. The Morgan fingerprint density at radius 3 is 1.54 bits per heavy atom. The summed E-state index contributed by atoms with van der Waals surface area (Å²) in [6.07, 6.45) is 0. The van der Waals surface area contributed by atoms with Gasteiger partial charge >= 0.3 is 0 Å². The van der Waals surface area contributed by atoms with E-state index in [0.717, 1.165) is 33.8 Å². The van der Waals surface area contributed by atoms with Gasteiger partial charge in [-0.05, 0) is 92.0 Å². The molecule has 2 aliphatic carbocycles. The summed E-state index contributed by atoms with van der Waals surface area (Å²) in [7, 11) is 0. The molecule has 10 aromatic rings. The number of rotatable bonds is 4. The van der Waals surface area contributed by atoms with Crippen LogP contribution >= 0.6 is 0 Å². The van der Waals surface area contributed by atoms with Gasteiger partial charge in [-0.2, -0.15) is 0 Å². The lowest BCUT2D eigenvalue weighted by molar-refractivity contribution is 0.794. The van der Waals surface area contributed by atoms with E-state index in [-0.39, 0.29) is 0 Å². The summed E-state index contributed by atoms with van der Waals surface area (Å²) in [5, 5.41) is 2.51. The van der Waals surface area contributed by atoms with Crippen LogP contribution in [0.1, 0.15) is 22.3 Å². The smallest absolute Gasteiger partial charge is 0.0725 e. The second-order valence-corrected chi connectivity index (χ2v) is 15.0. The van der Waals surface area contributed by atoms with Gasteiger partial charge in [-0.1, -0.05) is 170 Å². The summed E-state index contributed by atoms with van der Waals surface area (Å²) in [6.45, 7) is 0. The van der Waals surface area contributed by atoms with Crippen LogP contribution < -0.4 is 0 Å². The first-order valence-corrected chi connectivity index (χ1v) is 19.4. The minimum absolute atomic E-state index is 0.411. The Balaban J connectivity index is 1.10. The molecular formula is C54H34N2. The van der Waals surface area contributed by atoms with Gasteiger partial charge in [-0.25, -0.2) is 4.98 Å². The summed E-state index contributed by atoms with van der Waals surface area (Å²) in [4.78, 5) is 5.59. The van der Waals surface area contributed by atoms with E-state index in [9.17, 15) is 0 Å². The molecule has 0 saturated heterocycles. The zero-order valence-electron chi connectivity index (χ0n) is 30.5. The van der Waals surface area contributed by atoms with Gasteiger partial charge in [0.1, 0.15) is 0 Å². The van der Waals surface area contributed by atoms with Crippen LogP contribution in [0.4, 0.5) is 0 Å². The molecule has 56 heavy (non-hydrogen) atoms. The maximum Gasteiger partial charge on any atom is 0.0725 e. The van der Waals surface area contributed by atoms with Gasteiger partial charge in [-0.3, -0.25) is 0 Å². The van der Waals surface area contributed by atoms with Gasteiger partial charge in [0, 0.05) is 27.6 Å². The van der Waals surface area contributed by atoms with Gasteiger partial charge in [-0.15, -0.1) is 0 Å². The van der Waals surface area contributed by atoms with Gasteiger partial charge in [0.2, 0.25) is 0 Å². The quantitative estimate of drug-likeness (QED) is 0.178. The van der Waals surface area contributed by atoms with Crippen LogP contribution in [0.15, 0.2) is 206 Å². The first-order valence-electron chi connectivity index (χ1n) is 19.4. The zero-order valence-corrected chi connectivity index (χ0v) is 30.5. The molecule has 2 aromatic heterocycles. The number of benzene rings is 8. The molecular weight excluding hydrogens is 677 g/mol. The van der Waals surface area contributed by atoms with E-state index >= 15 is 0 Å². The Bertz CT molecular complexity index is 3100. The molecule has 0 N–H and O–H groups in total. The molecule has 0 saturated carbocycles. The molecule has 260 valence electrons. The largest absolute Gasteiger partial charge is 0.309 e. The van der Waals surface area contributed by atoms with Crippen molar-refractivity contribution in [2.75, 3.05) is 0 Å². The third kappa shape index (κ3) is 4.24. The highest BCUT2D eigenvalue weighted by Crippen LogP contribution is 2.63. The lowest BCUT2D eigenvalue weighted by atomic mass is 9.70. The predicted molar refractivity (Wildman–Crippen MR) is 231 cm³/mol. The monoisotopic (exact) mass is 710 g/mol. The molecule has 8 aromatic carbocycles. The fourth-order valence-electron chi connectivity index (χ4n) is 9.98. The Hall–Kier alpha value is -7.29. The molecule has 1 spiro atoms. The molecule has 12 rings (SSSR count). The molecule has 0 atom stereocenters. The van der Waals surface area contributed by atoms with Crippen LogP contribution in [0.5, 0.6) is 0 Å². The average molecular weight is 711 g/mol. The van der Waals surface area contributed by atoms with Gasteiger partial charge in [0.05, 0.1) is 27.8 Å². The van der Waals surface area contributed by atoms with Gasteiger partial charge in [0.25, 0.3) is 0 Å². The van der Waals surface area contributed by atoms with Gasteiger partial charge < -0.3 is 4.57 Å². The molecule has 2 heteroatoms. The molecule has 0 radical (unpaired) electrons. The second-order valence-electron chi connectivity index (χ2n) is 15.0. The SMILES string of the molecule is c1ccc(-c2cc(-c3cccc(-n4c5ccccc5c5ccccc54)c3)nc(-c3cccc4c3-c3ccccc3C43c4ccccc4-c4ccccc43)c2)cc1. The van der Waals surface area contributed by atoms with Crippen molar-refractivity contribution in [1.29, 1.82) is 0 Å². The van der Waals surface area contributed by atoms with E-state index < -0.39 is 5.41 Å². The van der Waals surface area contributed by atoms with E-state index in [4.69, 9.17) is 4.98 Å². The highest BCUT2D eigenvalue weighted by atomic mass is 15.0. The average Bonchev–Trinajstić information content (AvgIpc) is 3.89. The van der Waals surface area contributed by atoms with Crippen molar-refractivity contribution in [3.8, 4) is 61.6 Å². The topological polar surface area (TPSA) is 17.8 Å². The van der Waals surface area contributed by atoms with E-state index in [1.807, 2.05) is 0 Å². The normalized spacial score (nSPS) is 13.1. The molecule has 0 amide bonds. The van der Waals surface area contributed by atoms with Crippen LogP contribution in [-0.2, 0) is 5.41 Å². The Kier molecular flexibility index (Phi) is 6.58. The summed E-state index contributed by atoms with van der Waals surface area (Å²) >= 11 is 0. The number of para-hydroxylation sites is 2. The molecule has 0 bridgehead atoms.